The first kappa shape index (κ1) is 19.6. The average molecular weight is 428 g/mol. The highest BCUT2D eigenvalue weighted by molar-refractivity contribution is 7.93. The van der Waals surface area contributed by atoms with Crippen LogP contribution in [-0.4, -0.2) is 30.5 Å². The highest BCUT2D eigenvalue weighted by Gasteiger charge is 2.33. The average Bonchev–Trinajstić information content (AvgIpc) is 3.36. The quantitative estimate of drug-likeness (QED) is 0.593. The van der Waals surface area contributed by atoms with Gasteiger partial charge in [0.2, 0.25) is 10.0 Å². The summed E-state index contributed by atoms with van der Waals surface area (Å²) in [5.74, 6) is 0.684. The van der Waals surface area contributed by atoms with Crippen LogP contribution in [0.15, 0.2) is 73.7 Å². The van der Waals surface area contributed by atoms with E-state index >= 15 is 0 Å². The number of nitrogens with one attached hydrogen (secondary N) is 1. The van der Waals surface area contributed by atoms with Crippen LogP contribution in [0.5, 0.6) is 5.75 Å². The van der Waals surface area contributed by atoms with E-state index in [0.717, 1.165) is 11.3 Å². The third-order valence-corrected chi connectivity index (χ3v) is 8.77. The van der Waals surface area contributed by atoms with Gasteiger partial charge < -0.3 is 9.15 Å². The molecule has 0 amide bonds. The monoisotopic (exact) mass is 427 g/mol. The third kappa shape index (κ3) is 4.24. The number of ether oxygens (including phenoxy) is 1. The molecule has 0 radical (unpaired) electrons. The van der Waals surface area contributed by atoms with Crippen molar-refractivity contribution < 1.29 is 26.0 Å². The first-order valence-electron chi connectivity index (χ1n) is 7.79. The molecule has 0 fully saturated rings. The van der Waals surface area contributed by atoms with Crippen molar-refractivity contribution in [1.82, 2.24) is 4.72 Å². The Bertz CT molecular complexity index is 1070. The highest BCUT2D eigenvalue weighted by Crippen LogP contribution is 2.31. The zero-order valence-corrected chi connectivity index (χ0v) is 16.7. The number of benzene rings is 1. The Balaban J connectivity index is 1.87. The Hall–Kier alpha value is -2.14. The first-order chi connectivity index (χ1) is 12.8. The van der Waals surface area contributed by atoms with Gasteiger partial charge in [-0.3, -0.25) is 0 Å². The molecule has 0 aliphatic carbocycles. The van der Waals surface area contributed by atoms with Crippen LogP contribution in [0.1, 0.15) is 11.0 Å². The van der Waals surface area contributed by atoms with Crippen molar-refractivity contribution in [3.05, 3.63) is 65.9 Å². The molecule has 0 bridgehead atoms. The second kappa shape index (κ2) is 7.85. The summed E-state index contributed by atoms with van der Waals surface area (Å²) < 4.78 is 63.7. The number of hydrogen-bond donors (Lipinski definition) is 1. The van der Waals surface area contributed by atoms with Crippen molar-refractivity contribution in [3.63, 3.8) is 0 Å². The highest BCUT2D eigenvalue weighted by atomic mass is 32.2. The summed E-state index contributed by atoms with van der Waals surface area (Å²) >= 11 is 1.07. The van der Waals surface area contributed by atoms with Crippen molar-refractivity contribution >= 4 is 31.2 Å². The van der Waals surface area contributed by atoms with Crippen molar-refractivity contribution in [3.8, 4) is 5.75 Å². The molecule has 3 aromatic rings. The van der Waals surface area contributed by atoms with Crippen LogP contribution in [0.25, 0.3) is 0 Å². The predicted molar refractivity (Wildman–Crippen MR) is 101 cm³/mol. The number of rotatable bonds is 8. The van der Waals surface area contributed by atoms with Crippen LogP contribution >= 0.6 is 11.3 Å². The van der Waals surface area contributed by atoms with Gasteiger partial charge in [-0.15, -0.1) is 11.3 Å². The van der Waals surface area contributed by atoms with Crippen LogP contribution < -0.4 is 9.46 Å². The molecule has 0 saturated carbocycles. The predicted octanol–water partition coefficient (Wildman–Crippen LogP) is 2.84. The lowest BCUT2D eigenvalue weighted by Gasteiger charge is -2.16. The lowest BCUT2D eigenvalue weighted by molar-refractivity contribution is 0.414. The van der Waals surface area contributed by atoms with E-state index < -0.39 is 25.1 Å². The molecule has 0 aliphatic heterocycles. The van der Waals surface area contributed by atoms with Crippen LogP contribution in [0.3, 0.4) is 0 Å². The third-order valence-electron chi connectivity index (χ3n) is 3.84. The van der Waals surface area contributed by atoms with Crippen LogP contribution in [0.4, 0.5) is 0 Å². The molecule has 0 unspecified atom stereocenters. The summed E-state index contributed by atoms with van der Waals surface area (Å²) in [4.78, 5) is 0.00927. The number of methoxy groups -OCH3 is 1. The zero-order chi connectivity index (χ0) is 19.5. The standard InChI is InChI=1S/C17H17NO6S3/c1-23-13-6-8-14(9-7-13)27(21,22)18-12-16(15-4-2-10-24-15)26(19,20)17-5-3-11-25-17/h2-11,16,18H,12H2,1H3/t16-/m0/s1. The smallest absolute Gasteiger partial charge is 0.240 e. The van der Waals surface area contributed by atoms with Gasteiger partial charge in [0.15, 0.2) is 9.84 Å². The number of furan rings is 1. The lowest BCUT2D eigenvalue weighted by Crippen LogP contribution is -2.31. The molecular formula is C17H17NO6S3. The fraction of sp³-hybridized carbons (Fsp3) is 0.176. The van der Waals surface area contributed by atoms with Crippen LogP contribution in [-0.2, 0) is 19.9 Å². The van der Waals surface area contributed by atoms with E-state index in [4.69, 9.17) is 9.15 Å². The summed E-state index contributed by atoms with van der Waals surface area (Å²) in [6.07, 6.45) is 1.35. The fourth-order valence-corrected chi connectivity index (χ4v) is 6.37. The van der Waals surface area contributed by atoms with Gasteiger partial charge in [0.1, 0.15) is 21.0 Å². The minimum atomic E-state index is -3.91. The molecule has 0 spiro atoms. The van der Waals surface area contributed by atoms with Crippen molar-refractivity contribution in [2.24, 2.45) is 0 Å². The van der Waals surface area contributed by atoms with Gasteiger partial charge in [0.05, 0.1) is 18.3 Å². The van der Waals surface area contributed by atoms with Crippen molar-refractivity contribution in [1.29, 1.82) is 0 Å². The summed E-state index contributed by atoms with van der Waals surface area (Å²) in [5, 5.41) is 0.465. The van der Waals surface area contributed by atoms with Crippen molar-refractivity contribution in [2.75, 3.05) is 13.7 Å². The zero-order valence-electron chi connectivity index (χ0n) is 14.2. The van der Waals surface area contributed by atoms with Gasteiger partial charge in [-0.1, -0.05) is 6.07 Å². The molecule has 10 heteroatoms. The lowest BCUT2D eigenvalue weighted by atomic mass is 10.3. The number of thiophene rings is 1. The normalized spacial score (nSPS) is 13.4. The Kier molecular flexibility index (Phi) is 5.70. The SMILES string of the molecule is COc1ccc(S(=O)(=O)NC[C@@H](c2ccco2)S(=O)(=O)c2cccs2)cc1. The van der Waals surface area contributed by atoms with Gasteiger partial charge in [0, 0.05) is 6.54 Å². The maximum absolute atomic E-state index is 12.9. The van der Waals surface area contributed by atoms with E-state index in [1.165, 1.54) is 49.8 Å². The van der Waals surface area contributed by atoms with E-state index in [9.17, 15) is 16.8 Å². The topological polar surface area (TPSA) is 103 Å². The number of hydrogen-bond acceptors (Lipinski definition) is 7. The summed E-state index contributed by atoms with van der Waals surface area (Å²) in [6.45, 7) is -0.359. The Morgan fingerprint density at radius 2 is 1.81 bits per heavy atom. The molecule has 0 aliphatic rings. The Morgan fingerprint density at radius 1 is 1.07 bits per heavy atom. The Morgan fingerprint density at radius 3 is 2.37 bits per heavy atom. The minimum Gasteiger partial charge on any atom is -0.497 e. The molecule has 1 aromatic carbocycles. The maximum atomic E-state index is 12.9. The van der Waals surface area contributed by atoms with E-state index in [2.05, 4.69) is 4.72 Å². The van der Waals surface area contributed by atoms with Gasteiger partial charge in [-0.05, 0) is 47.8 Å². The molecule has 7 nitrogen and oxygen atoms in total. The van der Waals surface area contributed by atoms with Gasteiger partial charge in [-0.25, -0.2) is 21.6 Å². The molecule has 1 atom stereocenters. The molecule has 27 heavy (non-hydrogen) atoms. The molecule has 0 saturated heterocycles. The minimum absolute atomic E-state index is 0.00927. The maximum Gasteiger partial charge on any atom is 0.240 e. The summed E-state index contributed by atoms with van der Waals surface area (Å²) in [7, 11) is -6.25. The number of sulfonamides is 1. The second-order valence-electron chi connectivity index (χ2n) is 5.51. The molecular weight excluding hydrogens is 410 g/mol. The molecule has 2 heterocycles. The largest absolute Gasteiger partial charge is 0.497 e. The van der Waals surface area contributed by atoms with Gasteiger partial charge in [-0.2, -0.15) is 0 Å². The van der Waals surface area contributed by atoms with Gasteiger partial charge in [0.25, 0.3) is 0 Å². The van der Waals surface area contributed by atoms with Gasteiger partial charge >= 0.3 is 0 Å². The van der Waals surface area contributed by atoms with E-state index in [1.54, 1.807) is 17.5 Å². The van der Waals surface area contributed by atoms with E-state index in [-0.39, 0.29) is 21.4 Å². The number of sulfone groups is 1. The van der Waals surface area contributed by atoms with Crippen molar-refractivity contribution in [2.45, 2.75) is 14.4 Å². The molecule has 1 N–H and O–H groups in total. The fourth-order valence-electron chi connectivity index (χ4n) is 2.43. The molecule has 3 rings (SSSR count). The molecule has 2 aromatic heterocycles. The van der Waals surface area contributed by atoms with E-state index in [0.29, 0.717) is 5.75 Å². The van der Waals surface area contributed by atoms with Crippen LogP contribution in [0.2, 0.25) is 0 Å². The second-order valence-corrected chi connectivity index (χ2v) is 10.6. The summed E-state index contributed by atoms with van der Waals surface area (Å²) in [6, 6.07) is 12.0. The molecule has 144 valence electrons. The first-order valence-corrected chi connectivity index (χ1v) is 11.7. The Labute approximate surface area is 161 Å². The summed E-state index contributed by atoms with van der Waals surface area (Å²) in [5.41, 5.74) is 0. The van der Waals surface area contributed by atoms with E-state index in [1.807, 2.05) is 0 Å². The van der Waals surface area contributed by atoms with Crippen LogP contribution in [0, 0.1) is 0 Å².